The number of carbonyl (C=O) groups is 1. The summed E-state index contributed by atoms with van der Waals surface area (Å²) in [4.78, 5) is 11.0. The molecular formula is C10H18OS. The molecule has 0 atom stereocenters. The molecule has 1 fully saturated rings. The van der Waals surface area contributed by atoms with E-state index in [2.05, 4.69) is 20.8 Å². The molecule has 0 aromatic rings. The zero-order valence-electron chi connectivity index (χ0n) is 8.22. The van der Waals surface area contributed by atoms with Crippen LogP contribution in [0.4, 0.5) is 0 Å². The lowest BCUT2D eigenvalue weighted by Crippen LogP contribution is -2.21. The smallest absolute Gasteiger partial charge is 0.132 e. The van der Waals surface area contributed by atoms with E-state index >= 15 is 0 Å². The van der Waals surface area contributed by atoms with Gasteiger partial charge in [-0.15, -0.1) is 0 Å². The Morgan fingerprint density at radius 3 is 2.17 bits per heavy atom. The Labute approximate surface area is 79.3 Å². The second-order valence-corrected chi connectivity index (χ2v) is 6.60. The van der Waals surface area contributed by atoms with E-state index in [0.29, 0.717) is 10.5 Å². The fraction of sp³-hybridized carbons (Fsp3) is 0.900. The third-order valence-electron chi connectivity index (χ3n) is 2.01. The van der Waals surface area contributed by atoms with Gasteiger partial charge in [-0.2, -0.15) is 11.8 Å². The van der Waals surface area contributed by atoms with Crippen LogP contribution in [0.15, 0.2) is 0 Å². The van der Waals surface area contributed by atoms with Crippen LogP contribution in [0.2, 0.25) is 0 Å². The average molecular weight is 186 g/mol. The van der Waals surface area contributed by atoms with Crippen molar-refractivity contribution in [1.29, 1.82) is 0 Å². The lowest BCUT2D eigenvalue weighted by molar-refractivity contribution is -0.120. The van der Waals surface area contributed by atoms with Crippen molar-refractivity contribution in [3.8, 4) is 0 Å². The molecule has 2 heteroatoms. The topological polar surface area (TPSA) is 17.1 Å². The molecule has 0 radical (unpaired) electrons. The molecule has 0 amide bonds. The molecule has 0 N–H and O–H groups in total. The highest BCUT2D eigenvalue weighted by Crippen LogP contribution is 2.35. The van der Waals surface area contributed by atoms with Crippen molar-refractivity contribution in [2.75, 3.05) is 0 Å². The van der Waals surface area contributed by atoms with Crippen LogP contribution in [-0.2, 0) is 4.79 Å². The number of hydrogen-bond acceptors (Lipinski definition) is 2. The Morgan fingerprint density at radius 2 is 1.75 bits per heavy atom. The summed E-state index contributed by atoms with van der Waals surface area (Å²) in [5.41, 5.74) is 0. The van der Waals surface area contributed by atoms with Crippen molar-refractivity contribution >= 4 is 17.5 Å². The first-order chi connectivity index (χ1) is 5.47. The van der Waals surface area contributed by atoms with E-state index < -0.39 is 0 Å². The van der Waals surface area contributed by atoms with Crippen molar-refractivity contribution in [3.05, 3.63) is 0 Å². The number of thioether (sulfide) groups is 1. The van der Waals surface area contributed by atoms with Crippen LogP contribution in [-0.4, -0.2) is 15.8 Å². The fourth-order valence-corrected chi connectivity index (χ4v) is 3.00. The van der Waals surface area contributed by atoms with Crippen LogP contribution >= 0.6 is 11.8 Å². The number of Topliss-reactive ketones (excluding diaryl/α,β-unsaturated/α-hetero) is 1. The average Bonchev–Trinajstić information content (AvgIpc) is 1.91. The van der Waals surface area contributed by atoms with Gasteiger partial charge < -0.3 is 0 Å². The molecule has 0 bridgehead atoms. The Morgan fingerprint density at radius 1 is 1.25 bits per heavy atom. The van der Waals surface area contributed by atoms with Gasteiger partial charge in [-0.1, -0.05) is 20.8 Å². The van der Waals surface area contributed by atoms with Crippen molar-refractivity contribution in [1.82, 2.24) is 0 Å². The number of rotatable bonds is 1. The quantitative estimate of drug-likeness (QED) is 0.626. The lowest BCUT2D eigenvalue weighted by Gasteiger charge is -2.27. The highest BCUT2D eigenvalue weighted by atomic mass is 32.2. The monoisotopic (exact) mass is 186 g/mol. The number of carbonyl (C=O) groups excluding carboxylic acids is 1. The third kappa shape index (κ3) is 3.61. The SMILES string of the molecule is CC(C)(C)SC1CCC(=O)CC1. The minimum Gasteiger partial charge on any atom is -0.300 e. The zero-order valence-corrected chi connectivity index (χ0v) is 9.04. The standard InChI is InChI=1S/C10H18OS/c1-10(2,3)12-9-6-4-8(11)5-7-9/h9H,4-7H2,1-3H3. The minimum absolute atomic E-state index is 0.352. The maximum Gasteiger partial charge on any atom is 0.132 e. The lowest BCUT2D eigenvalue weighted by atomic mass is 9.99. The maximum atomic E-state index is 11.0. The van der Waals surface area contributed by atoms with Crippen molar-refractivity contribution in [2.45, 2.75) is 56.5 Å². The largest absolute Gasteiger partial charge is 0.300 e. The van der Waals surface area contributed by atoms with E-state index in [9.17, 15) is 4.79 Å². The van der Waals surface area contributed by atoms with Crippen LogP contribution < -0.4 is 0 Å². The van der Waals surface area contributed by atoms with Gasteiger partial charge in [0.25, 0.3) is 0 Å². The van der Waals surface area contributed by atoms with Gasteiger partial charge in [-0.3, -0.25) is 4.79 Å². The Bertz CT molecular complexity index is 159. The van der Waals surface area contributed by atoms with Crippen molar-refractivity contribution in [3.63, 3.8) is 0 Å². The molecule has 0 aromatic carbocycles. The van der Waals surface area contributed by atoms with E-state index in [1.54, 1.807) is 0 Å². The molecule has 0 saturated heterocycles. The summed E-state index contributed by atoms with van der Waals surface area (Å²) >= 11 is 2.03. The molecule has 0 spiro atoms. The van der Waals surface area contributed by atoms with Crippen LogP contribution in [0.3, 0.4) is 0 Å². The molecule has 0 unspecified atom stereocenters. The van der Waals surface area contributed by atoms with Gasteiger partial charge in [0.1, 0.15) is 5.78 Å². The van der Waals surface area contributed by atoms with Crippen LogP contribution in [0.5, 0.6) is 0 Å². The summed E-state index contributed by atoms with van der Waals surface area (Å²) in [6.07, 6.45) is 3.82. The molecule has 0 aliphatic heterocycles. The van der Waals surface area contributed by atoms with E-state index in [-0.39, 0.29) is 0 Å². The van der Waals surface area contributed by atoms with E-state index in [4.69, 9.17) is 0 Å². The molecule has 1 saturated carbocycles. The van der Waals surface area contributed by atoms with Gasteiger partial charge in [0, 0.05) is 22.8 Å². The predicted molar refractivity (Wildman–Crippen MR) is 54.6 cm³/mol. The molecule has 1 nitrogen and oxygen atoms in total. The summed E-state index contributed by atoms with van der Waals surface area (Å²) in [7, 11) is 0. The Balaban J connectivity index is 2.31. The van der Waals surface area contributed by atoms with Crippen molar-refractivity contribution in [2.24, 2.45) is 0 Å². The minimum atomic E-state index is 0.352. The van der Waals surface area contributed by atoms with Gasteiger partial charge in [0.2, 0.25) is 0 Å². The summed E-state index contributed by atoms with van der Waals surface area (Å²) < 4.78 is 0.352. The highest BCUT2D eigenvalue weighted by Gasteiger charge is 2.23. The first-order valence-electron chi connectivity index (χ1n) is 4.67. The van der Waals surface area contributed by atoms with Crippen LogP contribution in [0, 0.1) is 0 Å². The molecule has 0 aromatic heterocycles. The molecular weight excluding hydrogens is 168 g/mol. The van der Waals surface area contributed by atoms with Gasteiger partial charge in [-0.25, -0.2) is 0 Å². The zero-order chi connectivity index (χ0) is 9.19. The number of ketones is 1. The summed E-state index contributed by atoms with van der Waals surface area (Å²) in [6.45, 7) is 6.73. The second-order valence-electron chi connectivity index (χ2n) is 4.47. The first kappa shape index (κ1) is 10.1. The molecule has 12 heavy (non-hydrogen) atoms. The Kier molecular flexibility index (Phi) is 3.22. The highest BCUT2D eigenvalue weighted by molar-refractivity contribution is 8.01. The summed E-state index contributed by atoms with van der Waals surface area (Å²) in [5.74, 6) is 0.459. The van der Waals surface area contributed by atoms with E-state index in [1.807, 2.05) is 11.8 Å². The fourth-order valence-electron chi connectivity index (χ4n) is 1.53. The molecule has 70 valence electrons. The molecule has 0 heterocycles. The first-order valence-corrected chi connectivity index (χ1v) is 5.55. The molecule has 1 aliphatic rings. The summed E-state index contributed by atoms with van der Waals surface area (Å²) in [5, 5.41) is 0.725. The Hall–Kier alpha value is 0.0200. The van der Waals surface area contributed by atoms with Crippen LogP contribution in [0.25, 0.3) is 0 Å². The van der Waals surface area contributed by atoms with Crippen LogP contribution in [0.1, 0.15) is 46.5 Å². The van der Waals surface area contributed by atoms with Crippen molar-refractivity contribution < 1.29 is 4.79 Å². The molecule has 1 rings (SSSR count). The van der Waals surface area contributed by atoms with Gasteiger partial charge in [0.15, 0.2) is 0 Å². The van der Waals surface area contributed by atoms with E-state index in [1.165, 1.54) is 0 Å². The normalized spacial score (nSPS) is 21.4. The summed E-state index contributed by atoms with van der Waals surface area (Å²) in [6, 6.07) is 0. The van der Waals surface area contributed by atoms with Gasteiger partial charge >= 0.3 is 0 Å². The predicted octanol–water partition coefficient (Wildman–Crippen LogP) is 3.03. The van der Waals surface area contributed by atoms with E-state index in [0.717, 1.165) is 30.9 Å². The molecule has 1 aliphatic carbocycles. The maximum absolute atomic E-state index is 11.0. The second kappa shape index (κ2) is 3.82. The third-order valence-corrected chi connectivity index (χ3v) is 3.52. The van der Waals surface area contributed by atoms with Gasteiger partial charge in [-0.05, 0) is 12.8 Å². The number of hydrogen-bond donors (Lipinski definition) is 0. The van der Waals surface area contributed by atoms with Gasteiger partial charge in [0.05, 0.1) is 0 Å².